The van der Waals surface area contributed by atoms with Crippen molar-refractivity contribution in [3.8, 4) is 11.1 Å². The zero-order valence-corrected chi connectivity index (χ0v) is 19.0. The van der Waals surface area contributed by atoms with E-state index in [1.807, 2.05) is 36.4 Å². The lowest BCUT2D eigenvalue weighted by atomic mass is 9.93. The van der Waals surface area contributed by atoms with E-state index in [4.69, 9.17) is 9.47 Å². The molecule has 0 aromatic heterocycles. The molecule has 0 radical (unpaired) electrons. The Morgan fingerprint density at radius 2 is 1.71 bits per heavy atom. The van der Waals surface area contributed by atoms with Crippen LogP contribution in [0.1, 0.15) is 29.9 Å². The maximum atomic E-state index is 12.9. The van der Waals surface area contributed by atoms with Crippen LogP contribution in [0.2, 0.25) is 0 Å². The van der Waals surface area contributed by atoms with Crippen molar-refractivity contribution in [1.29, 1.82) is 0 Å². The second-order valence-electron chi connectivity index (χ2n) is 9.40. The van der Waals surface area contributed by atoms with Crippen molar-refractivity contribution < 1.29 is 29.0 Å². The Morgan fingerprint density at radius 3 is 2.24 bits per heavy atom. The molecule has 2 aliphatic carbocycles. The highest BCUT2D eigenvalue weighted by atomic mass is 16.5. The highest BCUT2D eigenvalue weighted by Gasteiger charge is 2.59. The van der Waals surface area contributed by atoms with E-state index in [0.717, 1.165) is 35.1 Å². The summed E-state index contributed by atoms with van der Waals surface area (Å²) in [6, 6.07) is 16.2. The first-order chi connectivity index (χ1) is 16.4. The van der Waals surface area contributed by atoms with Crippen LogP contribution in [-0.2, 0) is 19.1 Å². The van der Waals surface area contributed by atoms with Gasteiger partial charge < -0.3 is 24.8 Å². The summed E-state index contributed by atoms with van der Waals surface area (Å²) in [4.78, 5) is 38.5. The van der Waals surface area contributed by atoms with E-state index in [-0.39, 0.29) is 36.9 Å². The lowest BCUT2D eigenvalue weighted by Gasteiger charge is -2.23. The summed E-state index contributed by atoms with van der Waals surface area (Å²) < 4.78 is 10.8. The number of hydrogen-bond donors (Lipinski definition) is 2. The molecule has 2 aromatic rings. The highest BCUT2D eigenvalue weighted by molar-refractivity contribution is 5.84. The van der Waals surface area contributed by atoms with Crippen molar-refractivity contribution in [2.24, 2.45) is 11.3 Å². The minimum atomic E-state index is -0.899. The summed E-state index contributed by atoms with van der Waals surface area (Å²) in [6.07, 6.45) is 0.122. The Kier molecular flexibility index (Phi) is 5.77. The molecule has 3 aliphatic rings. The maximum Gasteiger partial charge on any atom is 0.407 e. The van der Waals surface area contributed by atoms with E-state index in [1.165, 1.54) is 7.11 Å². The number of hydrogen-bond acceptors (Lipinski definition) is 5. The third kappa shape index (κ3) is 3.92. The average Bonchev–Trinajstić information content (AvgIpc) is 3.39. The molecule has 2 N–H and O–H groups in total. The van der Waals surface area contributed by atoms with E-state index in [2.05, 4.69) is 17.4 Å². The largest absolute Gasteiger partial charge is 0.481 e. The van der Waals surface area contributed by atoms with Crippen LogP contribution in [0.4, 0.5) is 4.79 Å². The standard InChI is InChI=1S/C26H28N2O6/c1-33-22(23(29)28-13-21(24(30)31)26(15-28)10-11-26)12-27-25(32)34-14-20-18-8-4-2-6-16(18)17-7-3-5-9-19(17)20/h2-9,20-22H,10-15H2,1H3,(H,27,32)(H,30,31). The number of carboxylic acid groups (broad SMARTS) is 1. The number of carboxylic acids is 1. The zero-order chi connectivity index (χ0) is 23.9. The van der Waals surface area contributed by atoms with Crippen molar-refractivity contribution in [3.05, 3.63) is 59.7 Å². The molecule has 2 unspecified atom stereocenters. The van der Waals surface area contributed by atoms with Crippen LogP contribution in [-0.4, -0.2) is 67.4 Å². The van der Waals surface area contributed by atoms with E-state index < -0.39 is 24.1 Å². The normalized spacial score (nSPS) is 20.5. The predicted octanol–water partition coefficient (Wildman–Crippen LogP) is 2.86. The van der Waals surface area contributed by atoms with Crippen molar-refractivity contribution in [2.45, 2.75) is 24.9 Å². The molecule has 2 fully saturated rings. The van der Waals surface area contributed by atoms with Crippen LogP contribution in [0.15, 0.2) is 48.5 Å². The van der Waals surface area contributed by atoms with Crippen molar-refractivity contribution in [2.75, 3.05) is 33.4 Å². The molecule has 1 saturated heterocycles. The van der Waals surface area contributed by atoms with Crippen molar-refractivity contribution >= 4 is 18.0 Å². The molecule has 1 heterocycles. The third-order valence-corrected chi connectivity index (χ3v) is 7.49. The first-order valence-corrected chi connectivity index (χ1v) is 11.6. The van der Waals surface area contributed by atoms with E-state index in [9.17, 15) is 19.5 Å². The summed E-state index contributed by atoms with van der Waals surface area (Å²) in [5.41, 5.74) is 4.25. The molecule has 34 heavy (non-hydrogen) atoms. The maximum absolute atomic E-state index is 12.9. The van der Waals surface area contributed by atoms with Gasteiger partial charge in [-0.2, -0.15) is 0 Å². The Morgan fingerprint density at radius 1 is 1.09 bits per heavy atom. The van der Waals surface area contributed by atoms with Gasteiger partial charge in [0, 0.05) is 31.5 Å². The number of benzene rings is 2. The number of carbonyl (C=O) groups excluding carboxylic acids is 2. The number of nitrogens with zero attached hydrogens (tertiary/aromatic N) is 1. The van der Waals surface area contributed by atoms with Gasteiger partial charge in [-0.15, -0.1) is 0 Å². The molecule has 2 amide bonds. The Labute approximate surface area is 197 Å². The second kappa shape index (κ2) is 8.76. The SMILES string of the molecule is COC(CNC(=O)OCC1c2ccccc2-c2ccccc21)C(=O)N1CC(C(=O)O)C2(CC2)C1. The number of carbonyl (C=O) groups is 3. The summed E-state index contributed by atoms with van der Waals surface area (Å²) >= 11 is 0. The number of likely N-dealkylation sites (tertiary alicyclic amines) is 1. The van der Waals surface area contributed by atoms with Gasteiger partial charge >= 0.3 is 12.1 Å². The molecular formula is C26H28N2O6. The van der Waals surface area contributed by atoms with Gasteiger partial charge in [0.2, 0.25) is 0 Å². The number of aliphatic carboxylic acids is 1. The number of fused-ring (bicyclic) bond motifs is 3. The fourth-order valence-corrected chi connectivity index (χ4v) is 5.44. The predicted molar refractivity (Wildman–Crippen MR) is 123 cm³/mol. The summed E-state index contributed by atoms with van der Waals surface area (Å²) in [5, 5.41) is 12.1. The monoisotopic (exact) mass is 464 g/mol. The van der Waals surface area contributed by atoms with Gasteiger partial charge in [0.15, 0.2) is 6.10 Å². The number of alkyl carbamates (subject to hydrolysis) is 1. The van der Waals surface area contributed by atoms with Gasteiger partial charge in [-0.25, -0.2) is 4.79 Å². The number of nitrogens with one attached hydrogen (secondary N) is 1. The minimum Gasteiger partial charge on any atom is -0.481 e. The molecule has 8 heteroatoms. The van der Waals surface area contributed by atoms with Crippen LogP contribution in [0.3, 0.4) is 0 Å². The molecule has 2 aromatic carbocycles. The third-order valence-electron chi connectivity index (χ3n) is 7.49. The van der Waals surface area contributed by atoms with Crippen LogP contribution in [0, 0.1) is 11.3 Å². The first-order valence-electron chi connectivity index (χ1n) is 11.6. The van der Waals surface area contributed by atoms with Crippen LogP contribution >= 0.6 is 0 Å². The van der Waals surface area contributed by atoms with Gasteiger partial charge in [-0.3, -0.25) is 9.59 Å². The summed E-state index contributed by atoms with van der Waals surface area (Å²) in [5.74, 6) is -1.76. The van der Waals surface area contributed by atoms with E-state index in [1.54, 1.807) is 4.90 Å². The molecular weight excluding hydrogens is 436 g/mol. The Hall–Kier alpha value is -3.39. The summed E-state index contributed by atoms with van der Waals surface area (Å²) in [6.45, 7) is 0.736. The number of amides is 2. The Balaban J connectivity index is 1.16. The van der Waals surface area contributed by atoms with Crippen LogP contribution in [0.5, 0.6) is 0 Å². The molecule has 178 valence electrons. The minimum absolute atomic E-state index is 0.0484. The molecule has 1 aliphatic heterocycles. The van der Waals surface area contributed by atoms with Gasteiger partial charge in [-0.05, 0) is 35.1 Å². The van der Waals surface area contributed by atoms with E-state index in [0.29, 0.717) is 6.54 Å². The average molecular weight is 465 g/mol. The fraction of sp³-hybridized carbons (Fsp3) is 0.423. The van der Waals surface area contributed by atoms with Crippen LogP contribution in [0.25, 0.3) is 11.1 Å². The second-order valence-corrected chi connectivity index (χ2v) is 9.40. The van der Waals surface area contributed by atoms with Gasteiger partial charge in [0.1, 0.15) is 6.61 Å². The van der Waals surface area contributed by atoms with Crippen LogP contribution < -0.4 is 5.32 Å². The number of ether oxygens (including phenoxy) is 2. The number of rotatable bonds is 7. The molecule has 5 rings (SSSR count). The molecule has 1 saturated carbocycles. The molecule has 2 atom stereocenters. The van der Waals surface area contributed by atoms with Gasteiger partial charge in [-0.1, -0.05) is 48.5 Å². The smallest absolute Gasteiger partial charge is 0.407 e. The lowest BCUT2D eigenvalue weighted by molar-refractivity contribution is -0.143. The topological polar surface area (TPSA) is 105 Å². The molecule has 0 bridgehead atoms. The van der Waals surface area contributed by atoms with E-state index >= 15 is 0 Å². The zero-order valence-electron chi connectivity index (χ0n) is 19.0. The molecule has 8 nitrogen and oxygen atoms in total. The van der Waals surface area contributed by atoms with Gasteiger partial charge in [0.05, 0.1) is 12.5 Å². The molecule has 1 spiro atoms. The highest BCUT2D eigenvalue weighted by Crippen LogP contribution is 2.56. The quantitative estimate of drug-likeness (QED) is 0.653. The first kappa shape index (κ1) is 22.4. The fourth-order valence-electron chi connectivity index (χ4n) is 5.44. The van der Waals surface area contributed by atoms with Crippen molar-refractivity contribution in [3.63, 3.8) is 0 Å². The lowest BCUT2D eigenvalue weighted by Crippen LogP contribution is -2.45. The van der Waals surface area contributed by atoms with Crippen molar-refractivity contribution in [1.82, 2.24) is 10.2 Å². The Bertz CT molecular complexity index is 1080. The van der Waals surface area contributed by atoms with Gasteiger partial charge in [0.25, 0.3) is 5.91 Å². The summed E-state index contributed by atoms with van der Waals surface area (Å²) in [7, 11) is 1.40. The number of methoxy groups -OCH3 is 1.